The second-order valence-electron chi connectivity index (χ2n) is 7.61. The van der Waals surface area contributed by atoms with E-state index in [2.05, 4.69) is 19.6 Å². The van der Waals surface area contributed by atoms with Gasteiger partial charge in [-0.15, -0.1) is 0 Å². The van der Waals surface area contributed by atoms with Crippen LogP contribution in [0.1, 0.15) is 34.8 Å². The number of fused-ring (bicyclic) bond motifs is 1. The minimum Gasteiger partial charge on any atom is -0.497 e. The fourth-order valence-electron chi connectivity index (χ4n) is 3.56. The van der Waals surface area contributed by atoms with Gasteiger partial charge in [-0.1, -0.05) is 6.07 Å². The van der Waals surface area contributed by atoms with Crippen LogP contribution in [0.15, 0.2) is 55.2 Å². The van der Waals surface area contributed by atoms with E-state index in [1.165, 1.54) is 12.8 Å². The maximum atomic E-state index is 12.9. The van der Waals surface area contributed by atoms with Gasteiger partial charge in [0, 0.05) is 43.7 Å². The summed E-state index contributed by atoms with van der Waals surface area (Å²) in [4.78, 5) is 23.5. The van der Waals surface area contributed by atoms with E-state index in [4.69, 9.17) is 4.74 Å². The van der Waals surface area contributed by atoms with Crippen molar-refractivity contribution in [3.05, 3.63) is 66.4 Å². The number of ether oxygens (including phenoxy) is 1. The van der Waals surface area contributed by atoms with Gasteiger partial charge in [-0.2, -0.15) is 5.10 Å². The van der Waals surface area contributed by atoms with Crippen LogP contribution in [0.25, 0.3) is 16.9 Å². The zero-order valence-corrected chi connectivity index (χ0v) is 16.9. The molecule has 30 heavy (non-hydrogen) atoms. The van der Waals surface area contributed by atoms with Crippen molar-refractivity contribution in [3.8, 4) is 11.4 Å². The molecular formula is C22H22N6O2. The van der Waals surface area contributed by atoms with E-state index in [0.29, 0.717) is 18.2 Å². The summed E-state index contributed by atoms with van der Waals surface area (Å²) in [5.41, 5.74) is 3.96. The summed E-state index contributed by atoms with van der Waals surface area (Å²) in [5.74, 6) is 0.670. The number of imidazole rings is 1. The van der Waals surface area contributed by atoms with E-state index in [0.717, 1.165) is 28.2 Å². The molecule has 1 fully saturated rings. The first-order valence-electron chi connectivity index (χ1n) is 9.88. The van der Waals surface area contributed by atoms with Gasteiger partial charge in [0.1, 0.15) is 11.3 Å². The van der Waals surface area contributed by atoms with Crippen LogP contribution >= 0.6 is 0 Å². The minimum absolute atomic E-state index is 0.0977. The van der Waals surface area contributed by atoms with E-state index >= 15 is 0 Å². The number of nitrogens with zero attached hydrogens (tertiary/aromatic N) is 6. The van der Waals surface area contributed by atoms with Gasteiger partial charge in [0.25, 0.3) is 5.91 Å². The molecule has 4 aromatic rings. The van der Waals surface area contributed by atoms with Gasteiger partial charge in [-0.25, -0.2) is 14.6 Å². The Labute approximate surface area is 173 Å². The molecule has 0 spiro atoms. The van der Waals surface area contributed by atoms with Crippen molar-refractivity contribution < 1.29 is 9.53 Å². The van der Waals surface area contributed by atoms with Gasteiger partial charge in [0.2, 0.25) is 0 Å². The van der Waals surface area contributed by atoms with Gasteiger partial charge < -0.3 is 14.2 Å². The number of benzene rings is 1. The number of carbonyl (C=O) groups excluding carboxylic acids is 1. The maximum Gasteiger partial charge on any atom is 0.255 e. The molecule has 0 N–H and O–H groups in total. The first-order valence-corrected chi connectivity index (χ1v) is 9.88. The van der Waals surface area contributed by atoms with Crippen LogP contribution in [0, 0.1) is 0 Å². The second-order valence-corrected chi connectivity index (χ2v) is 7.61. The fourth-order valence-corrected chi connectivity index (χ4v) is 3.56. The molecule has 0 radical (unpaired) electrons. The fraction of sp³-hybridized carbons (Fsp3) is 0.273. The summed E-state index contributed by atoms with van der Waals surface area (Å²) >= 11 is 0. The summed E-state index contributed by atoms with van der Waals surface area (Å²) in [7, 11) is 3.41. The average Bonchev–Trinajstić information content (AvgIpc) is 3.36. The van der Waals surface area contributed by atoms with E-state index in [1.54, 1.807) is 36.1 Å². The van der Waals surface area contributed by atoms with E-state index in [-0.39, 0.29) is 5.91 Å². The van der Waals surface area contributed by atoms with Crippen molar-refractivity contribution in [2.75, 3.05) is 14.2 Å². The summed E-state index contributed by atoms with van der Waals surface area (Å²) < 4.78 is 9.14. The molecule has 1 saturated carbocycles. The molecule has 3 heterocycles. The van der Waals surface area contributed by atoms with Crippen LogP contribution in [0.2, 0.25) is 0 Å². The third-order valence-corrected chi connectivity index (χ3v) is 5.32. The molecule has 152 valence electrons. The first-order chi connectivity index (χ1) is 14.6. The van der Waals surface area contributed by atoms with Crippen molar-refractivity contribution in [1.29, 1.82) is 0 Å². The molecule has 1 aliphatic carbocycles. The molecule has 0 aliphatic heterocycles. The monoisotopic (exact) mass is 402 g/mol. The Morgan fingerprint density at radius 3 is 2.90 bits per heavy atom. The first kappa shape index (κ1) is 18.4. The summed E-state index contributed by atoms with van der Waals surface area (Å²) in [6.07, 6.45) is 9.47. The molecule has 8 heteroatoms. The van der Waals surface area contributed by atoms with Crippen molar-refractivity contribution in [2.45, 2.75) is 25.4 Å². The number of hydrogen-bond donors (Lipinski definition) is 0. The number of methoxy groups -OCH3 is 1. The molecule has 0 saturated heterocycles. The number of rotatable bonds is 6. The predicted octanol–water partition coefficient (Wildman–Crippen LogP) is 3.23. The lowest BCUT2D eigenvalue weighted by Crippen LogP contribution is -2.26. The number of aromatic nitrogens is 5. The van der Waals surface area contributed by atoms with Crippen molar-refractivity contribution in [1.82, 2.24) is 29.2 Å². The lowest BCUT2D eigenvalue weighted by molar-refractivity contribution is 0.0785. The highest BCUT2D eigenvalue weighted by atomic mass is 16.5. The molecule has 8 nitrogen and oxygen atoms in total. The minimum atomic E-state index is -0.0977. The largest absolute Gasteiger partial charge is 0.497 e. The van der Waals surface area contributed by atoms with Gasteiger partial charge in [0.05, 0.1) is 30.9 Å². The van der Waals surface area contributed by atoms with Gasteiger partial charge in [-0.3, -0.25) is 4.79 Å². The van der Waals surface area contributed by atoms with Crippen molar-refractivity contribution in [3.63, 3.8) is 0 Å². The van der Waals surface area contributed by atoms with Crippen LogP contribution in [-0.2, 0) is 6.54 Å². The Morgan fingerprint density at radius 1 is 1.23 bits per heavy atom. The number of hydrogen-bond acceptors (Lipinski definition) is 5. The lowest BCUT2D eigenvalue weighted by Gasteiger charge is -2.16. The zero-order valence-electron chi connectivity index (χ0n) is 16.9. The second kappa shape index (κ2) is 7.29. The zero-order chi connectivity index (χ0) is 20.7. The molecule has 0 unspecified atom stereocenters. The number of amides is 1. The molecule has 1 aromatic carbocycles. The Kier molecular flexibility index (Phi) is 4.46. The van der Waals surface area contributed by atoms with E-state index in [1.807, 2.05) is 42.9 Å². The lowest BCUT2D eigenvalue weighted by atomic mass is 10.2. The normalized spacial score (nSPS) is 13.5. The molecular weight excluding hydrogens is 380 g/mol. The van der Waals surface area contributed by atoms with E-state index < -0.39 is 0 Å². The SMILES string of the molecule is COc1cccc(-n2cc(CN(C)C(=O)c3cnc4c(c3)ncn4C3CC3)cn2)c1. The quantitative estimate of drug-likeness (QED) is 0.495. The predicted molar refractivity (Wildman–Crippen MR) is 112 cm³/mol. The van der Waals surface area contributed by atoms with Crippen LogP contribution in [0.5, 0.6) is 5.75 Å². The Hall–Kier alpha value is -3.68. The van der Waals surface area contributed by atoms with Crippen molar-refractivity contribution in [2.24, 2.45) is 0 Å². The highest BCUT2D eigenvalue weighted by Crippen LogP contribution is 2.36. The summed E-state index contributed by atoms with van der Waals surface area (Å²) in [5, 5.41) is 4.41. The Bertz CT molecular complexity index is 1220. The maximum absolute atomic E-state index is 12.9. The van der Waals surface area contributed by atoms with Crippen LogP contribution in [0.3, 0.4) is 0 Å². The molecule has 3 aromatic heterocycles. The molecule has 1 aliphatic rings. The van der Waals surface area contributed by atoms with Gasteiger partial charge in [-0.05, 0) is 31.0 Å². The third-order valence-electron chi connectivity index (χ3n) is 5.32. The van der Waals surface area contributed by atoms with Crippen molar-refractivity contribution >= 4 is 17.1 Å². The summed E-state index contributed by atoms with van der Waals surface area (Å²) in [6.45, 7) is 0.442. The standard InChI is InChI=1S/C22H22N6O2/c1-26(12-15-10-25-28(13-15)18-4-3-5-19(9-18)30-2)22(29)16-8-20-21(23-11-16)27(14-24-20)17-6-7-17/h3-5,8-11,13-14,17H,6-7,12H2,1-2H3. The Morgan fingerprint density at radius 2 is 2.10 bits per heavy atom. The third kappa shape index (κ3) is 3.41. The smallest absolute Gasteiger partial charge is 0.255 e. The van der Waals surface area contributed by atoms with E-state index in [9.17, 15) is 4.79 Å². The molecule has 0 bridgehead atoms. The number of carbonyl (C=O) groups is 1. The number of pyridine rings is 1. The van der Waals surface area contributed by atoms with Crippen LogP contribution in [0.4, 0.5) is 0 Å². The van der Waals surface area contributed by atoms with Gasteiger partial charge in [0.15, 0.2) is 5.65 Å². The van der Waals surface area contributed by atoms with Crippen LogP contribution in [-0.4, -0.2) is 49.3 Å². The topological polar surface area (TPSA) is 78.1 Å². The summed E-state index contributed by atoms with van der Waals surface area (Å²) in [6, 6.07) is 9.99. The van der Waals surface area contributed by atoms with Gasteiger partial charge >= 0.3 is 0 Å². The van der Waals surface area contributed by atoms with Crippen LogP contribution < -0.4 is 4.74 Å². The molecule has 0 atom stereocenters. The highest BCUT2D eigenvalue weighted by molar-refractivity contribution is 5.96. The molecule has 5 rings (SSSR count). The Balaban J connectivity index is 1.31. The highest BCUT2D eigenvalue weighted by Gasteiger charge is 2.26. The molecule has 1 amide bonds. The average molecular weight is 402 g/mol.